The number of rotatable bonds is 4. The highest BCUT2D eigenvalue weighted by molar-refractivity contribution is 6.10. The van der Waals surface area contributed by atoms with Gasteiger partial charge in [-0.1, -0.05) is 48.5 Å². The number of fused-ring (bicyclic) bond motifs is 3. The van der Waals surface area contributed by atoms with Crippen molar-refractivity contribution in [1.82, 2.24) is 14.5 Å². The molecule has 40 heavy (non-hydrogen) atoms. The maximum atomic E-state index is 13.7. The highest BCUT2D eigenvalue weighted by Crippen LogP contribution is 2.41. The quantitative estimate of drug-likeness (QED) is 0.206. The molecular weight excluding hydrogens is 532 g/mol. The van der Waals surface area contributed by atoms with E-state index in [-0.39, 0.29) is 5.82 Å². The summed E-state index contributed by atoms with van der Waals surface area (Å²) in [7, 11) is 0. The van der Waals surface area contributed by atoms with Gasteiger partial charge >= 0.3 is 12.4 Å². The third-order valence-corrected chi connectivity index (χ3v) is 6.38. The average molecular weight is 549 g/mol. The summed E-state index contributed by atoms with van der Waals surface area (Å²) in [5.74, 6) is 0.649. The van der Waals surface area contributed by atoms with Crippen LogP contribution in [0.4, 0.5) is 26.3 Å². The summed E-state index contributed by atoms with van der Waals surface area (Å²) in [6, 6.07) is 26.2. The molecule has 0 N–H and O–H groups in total. The van der Waals surface area contributed by atoms with Gasteiger partial charge in [0.1, 0.15) is 11.6 Å². The summed E-state index contributed by atoms with van der Waals surface area (Å²) in [4.78, 5) is 7.66. The molecule has 0 atom stereocenters. The molecule has 3 heterocycles. The van der Waals surface area contributed by atoms with Gasteiger partial charge in [0.15, 0.2) is 5.69 Å². The van der Waals surface area contributed by atoms with E-state index in [0.29, 0.717) is 45.1 Å². The molecule has 0 spiro atoms. The van der Waals surface area contributed by atoms with Crippen LogP contribution >= 0.6 is 0 Å². The first-order valence-electron chi connectivity index (χ1n) is 12.0. The summed E-state index contributed by atoms with van der Waals surface area (Å²) < 4.78 is 88.7. The average Bonchev–Trinajstić information content (AvgIpc) is 3.26. The summed E-state index contributed by atoms with van der Waals surface area (Å²) in [6.45, 7) is 0. The Hall–Kier alpha value is -4.86. The van der Waals surface area contributed by atoms with Crippen LogP contribution in [0.3, 0.4) is 0 Å². The lowest BCUT2D eigenvalue weighted by Gasteiger charge is -2.16. The van der Waals surface area contributed by atoms with Crippen molar-refractivity contribution >= 4 is 21.8 Å². The molecule has 6 rings (SSSR count). The molecule has 0 aliphatic rings. The summed E-state index contributed by atoms with van der Waals surface area (Å²) in [5, 5.41) is 1.42. The van der Waals surface area contributed by atoms with Gasteiger partial charge < -0.3 is 4.74 Å². The van der Waals surface area contributed by atoms with Crippen molar-refractivity contribution in [2.45, 2.75) is 12.4 Å². The van der Waals surface area contributed by atoms with Crippen molar-refractivity contribution in [1.29, 1.82) is 0 Å². The van der Waals surface area contributed by atoms with E-state index in [2.05, 4.69) is 9.97 Å². The van der Waals surface area contributed by atoms with Crippen molar-refractivity contribution in [3.05, 3.63) is 115 Å². The minimum Gasteiger partial charge on any atom is -0.439 e. The van der Waals surface area contributed by atoms with Crippen LogP contribution in [0.25, 0.3) is 38.8 Å². The van der Waals surface area contributed by atoms with Crippen LogP contribution in [0.15, 0.2) is 103 Å². The second-order valence-corrected chi connectivity index (χ2v) is 8.94. The van der Waals surface area contributed by atoms with Crippen LogP contribution in [-0.2, 0) is 12.4 Å². The van der Waals surface area contributed by atoms with Crippen LogP contribution in [-0.4, -0.2) is 14.5 Å². The van der Waals surface area contributed by atoms with Gasteiger partial charge in [0.05, 0.1) is 16.6 Å². The molecule has 0 saturated heterocycles. The monoisotopic (exact) mass is 549 g/mol. The fourth-order valence-corrected chi connectivity index (χ4v) is 4.68. The fourth-order valence-electron chi connectivity index (χ4n) is 4.68. The summed E-state index contributed by atoms with van der Waals surface area (Å²) in [5.41, 5.74) is -1.37. The van der Waals surface area contributed by atoms with Gasteiger partial charge in [0.2, 0.25) is 5.88 Å². The van der Waals surface area contributed by atoms with Crippen LogP contribution in [0, 0.1) is 0 Å². The molecule has 0 aliphatic heterocycles. The number of ether oxygens (including phenoxy) is 1. The van der Waals surface area contributed by atoms with E-state index < -0.39 is 23.6 Å². The van der Waals surface area contributed by atoms with Gasteiger partial charge in [-0.25, -0.2) is 9.97 Å². The van der Waals surface area contributed by atoms with Crippen LogP contribution < -0.4 is 4.74 Å². The van der Waals surface area contributed by atoms with Gasteiger partial charge in [-0.05, 0) is 53.6 Å². The standard InChI is InChI=1S/C30H17F6N3O/c31-29(32,33)23-13-14-26(38-28(23)30(34,35)36)39-24-9-2-1-8-21(24)22-12-11-19(17-25(22)39)18-6-5-7-20(16-18)40-27-10-3-4-15-37-27/h1-17H. The zero-order chi connectivity index (χ0) is 28.1. The van der Waals surface area contributed by atoms with Gasteiger partial charge in [-0.15, -0.1) is 0 Å². The number of pyridine rings is 2. The van der Waals surface area contributed by atoms with Crippen LogP contribution in [0.5, 0.6) is 11.6 Å². The maximum Gasteiger partial charge on any atom is 0.434 e. The Morgan fingerprint density at radius 3 is 2.12 bits per heavy atom. The van der Waals surface area contributed by atoms with Gasteiger partial charge in [0, 0.05) is 23.0 Å². The molecule has 0 unspecified atom stereocenters. The molecule has 0 radical (unpaired) electrons. The molecule has 10 heteroatoms. The summed E-state index contributed by atoms with van der Waals surface area (Å²) in [6.07, 6.45) is -8.92. The van der Waals surface area contributed by atoms with E-state index in [1.54, 1.807) is 72.9 Å². The van der Waals surface area contributed by atoms with Gasteiger partial charge in [-0.3, -0.25) is 4.57 Å². The molecule has 0 aliphatic carbocycles. The number of hydrogen-bond acceptors (Lipinski definition) is 3. The van der Waals surface area contributed by atoms with E-state index >= 15 is 0 Å². The Labute approximate surface area is 223 Å². The third-order valence-electron chi connectivity index (χ3n) is 6.38. The molecule has 0 amide bonds. The molecular formula is C30H17F6N3O. The Balaban J connectivity index is 1.53. The predicted octanol–water partition coefficient (Wildman–Crippen LogP) is 9.07. The van der Waals surface area contributed by atoms with Crippen molar-refractivity contribution in [2.24, 2.45) is 0 Å². The van der Waals surface area contributed by atoms with E-state index in [9.17, 15) is 26.3 Å². The number of halogens is 6. The highest BCUT2D eigenvalue weighted by Gasteiger charge is 2.45. The first-order chi connectivity index (χ1) is 19.1. The van der Waals surface area contributed by atoms with Crippen molar-refractivity contribution in [2.75, 3.05) is 0 Å². The second kappa shape index (κ2) is 9.41. The van der Waals surface area contributed by atoms with E-state index in [1.807, 2.05) is 18.2 Å². The number of alkyl halides is 6. The van der Waals surface area contributed by atoms with Crippen LogP contribution in [0.2, 0.25) is 0 Å². The molecule has 6 aromatic rings. The molecule has 0 fully saturated rings. The van der Waals surface area contributed by atoms with Crippen molar-refractivity contribution in [3.63, 3.8) is 0 Å². The lowest BCUT2D eigenvalue weighted by atomic mass is 10.0. The molecule has 3 aromatic heterocycles. The zero-order valence-electron chi connectivity index (χ0n) is 20.3. The first kappa shape index (κ1) is 25.4. The van der Waals surface area contributed by atoms with E-state index in [4.69, 9.17) is 4.74 Å². The second-order valence-electron chi connectivity index (χ2n) is 8.94. The predicted molar refractivity (Wildman–Crippen MR) is 138 cm³/mol. The maximum absolute atomic E-state index is 13.7. The summed E-state index contributed by atoms with van der Waals surface area (Å²) >= 11 is 0. The molecule has 0 bridgehead atoms. The number of hydrogen-bond donors (Lipinski definition) is 0. The smallest absolute Gasteiger partial charge is 0.434 e. The molecule has 0 saturated carbocycles. The number of aromatic nitrogens is 3. The molecule has 3 aromatic carbocycles. The topological polar surface area (TPSA) is 39.9 Å². The SMILES string of the molecule is FC(F)(F)c1ccc(-n2c3ccccc3c3ccc(-c4cccc(Oc5ccccn5)c4)cc32)nc1C(F)(F)F. The Bertz CT molecular complexity index is 1860. The zero-order valence-corrected chi connectivity index (χ0v) is 20.3. The number of benzene rings is 3. The van der Waals surface area contributed by atoms with Gasteiger partial charge in [0.25, 0.3) is 0 Å². The Morgan fingerprint density at radius 2 is 1.38 bits per heavy atom. The van der Waals surface area contributed by atoms with Crippen molar-refractivity contribution < 1.29 is 31.1 Å². The normalized spacial score (nSPS) is 12.2. The fraction of sp³-hybridized carbons (Fsp3) is 0.0667. The van der Waals surface area contributed by atoms with Crippen molar-refractivity contribution in [3.8, 4) is 28.6 Å². The lowest BCUT2D eigenvalue weighted by molar-refractivity contribution is -0.164. The van der Waals surface area contributed by atoms with E-state index in [0.717, 1.165) is 11.6 Å². The molecule has 4 nitrogen and oxygen atoms in total. The molecule has 200 valence electrons. The lowest BCUT2D eigenvalue weighted by Crippen LogP contribution is -2.19. The number of nitrogens with zero attached hydrogens (tertiary/aromatic N) is 3. The largest absolute Gasteiger partial charge is 0.439 e. The van der Waals surface area contributed by atoms with Gasteiger partial charge in [-0.2, -0.15) is 26.3 Å². The van der Waals surface area contributed by atoms with E-state index in [1.165, 1.54) is 4.57 Å². The minimum atomic E-state index is -5.31. The minimum absolute atomic E-state index is 0.282. The Morgan fingerprint density at radius 1 is 0.625 bits per heavy atom. The third kappa shape index (κ3) is 4.61. The van der Waals surface area contributed by atoms with Crippen LogP contribution in [0.1, 0.15) is 11.3 Å². The first-order valence-corrected chi connectivity index (χ1v) is 12.0. The Kier molecular flexibility index (Phi) is 5.98. The number of para-hydroxylation sites is 1. The highest BCUT2D eigenvalue weighted by atomic mass is 19.4.